The third kappa shape index (κ3) is 2.80. The molecule has 0 unspecified atom stereocenters. The van der Waals surface area contributed by atoms with Gasteiger partial charge in [-0.25, -0.2) is 9.78 Å². The minimum absolute atomic E-state index is 0.0582. The Bertz CT molecular complexity index is 876. The smallest absolute Gasteiger partial charge is 0.331 e. The van der Waals surface area contributed by atoms with Crippen molar-refractivity contribution in [2.75, 3.05) is 18.9 Å². The quantitative estimate of drug-likeness (QED) is 0.374. The largest absolute Gasteiger partial charge is 0.396 e. The van der Waals surface area contributed by atoms with E-state index < -0.39 is 29.9 Å². The maximum atomic E-state index is 13.0. The van der Waals surface area contributed by atoms with Crippen molar-refractivity contribution in [2.24, 2.45) is 5.92 Å². The molecule has 10 nitrogen and oxygen atoms in total. The number of nitrogens with zero attached hydrogens (tertiary/aromatic N) is 4. The Labute approximate surface area is 148 Å². The summed E-state index contributed by atoms with van der Waals surface area (Å²) in [5.41, 5.74) is 6.37. The number of nitrogen functional groups attached to an aromatic ring is 1. The Kier molecular flexibility index (Phi) is 5.10. The Morgan fingerprint density at radius 2 is 2.00 bits per heavy atom. The van der Waals surface area contributed by atoms with E-state index in [1.54, 1.807) is 6.08 Å². The van der Waals surface area contributed by atoms with Crippen LogP contribution < -0.4 is 11.4 Å². The highest BCUT2D eigenvalue weighted by Gasteiger charge is 2.44. The number of allylic oxidation sites excluding steroid dienone is 1. The molecule has 2 heterocycles. The predicted octanol–water partition coefficient (Wildman–Crippen LogP) is -1.83. The van der Waals surface area contributed by atoms with Crippen LogP contribution in [0.5, 0.6) is 0 Å². The molecule has 0 aromatic carbocycles. The molecule has 0 bridgehead atoms. The summed E-state index contributed by atoms with van der Waals surface area (Å²) in [6.07, 6.45) is -0.443. The number of aliphatic hydroxyl groups is 4. The van der Waals surface area contributed by atoms with E-state index in [1.807, 2.05) is 0 Å². The maximum Gasteiger partial charge on any atom is 0.331 e. The van der Waals surface area contributed by atoms with Crippen molar-refractivity contribution in [3.63, 3.8) is 0 Å². The van der Waals surface area contributed by atoms with Gasteiger partial charge < -0.3 is 26.2 Å². The summed E-state index contributed by atoms with van der Waals surface area (Å²) in [6, 6.07) is -0.764. The maximum absolute atomic E-state index is 13.0. The molecule has 0 spiro atoms. The van der Waals surface area contributed by atoms with Gasteiger partial charge in [-0.05, 0) is 6.42 Å². The molecular formula is C16H23N5O5. The molecule has 26 heavy (non-hydrogen) atoms. The van der Waals surface area contributed by atoms with Gasteiger partial charge in [0.05, 0.1) is 17.8 Å². The molecule has 10 heteroatoms. The lowest BCUT2D eigenvalue weighted by molar-refractivity contribution is -0.00406. The SMILES string of the molecule is C=CCn1c(=O)n([C@@H]2C[C@H](CO)[C@@H](O)[C@H]2O)c2nc(N)nc(CCO)c21. The van der Waals surface area contributed by atoms with Crippen molar-refractivity contribution in [1.82, 2.24) is 19.1 Å². The minimum atomic E-state index is -1.23. The van der Waals surface area contributed by atoms with E-state index >= 15 is 0 Å². The highest BCUT2D eigenvalue weighted by Crippen LogP contribution is 2.36. The predicted molar refractivity (Wildman–Crippen MR) is 93.4 cm³/mol. The molecule has 3 rings (SSSR count). The summed E-state index contributed by atoms with van der Waals surface area (Å²) in [7, 11) is 0. The molecule has 142 valence electrons. The topological polar surface area (TPSA) is 160 Å². The third-order valence-corrected chi connectivity index (χ3v) is 4.89. The fraction of sp³-hybridized carbons (Fsp3) is 0.562. The molecule has 1 aliphatic rings. The summed E-state index contributed by atoms with van der Waals surface area (Å²) in [5, 5.41) is 39.2. The van der Waals surface area contributed by atoms with Gasteiger partial charge in [0, 0.05) is 32.1 Å². The first-order chi connectivity index (χ1) is 12.4. The molecule has 2 aromatic heterocycles. The van der Waals surface area contributed by atoms with Gasteiger partial charge in [0.25, 0.3) is 0 Å². The van der Waals surface area contributed by atoms with Gasteiger partial charge in [-0.1, -0.05) is 6.08 Å². The number of imidazole rings is 1. The molecule has 2 aromatic rings. The Morgan fingerprint density at radius 3 is 2.58 bits per heavy atom. The van der Waals surface area contributed by atoms with Crippen molar-refractivity contribution in [1.29, 1.82) is 0 Å². The van der Waals surface area contributed by atoms with Crippen LogP contribution in [-0.2, 0) is 13.0 Å². The molecule has 0 saturated heterocycles. The average molecular weight is 365 g/mol. The first kappa shape index (κ1) is 18.5. The van der Waals surface area contributed by atoms with Crippen LogP contribution in [0.25, 0.3) is 11.2 Å². The molecule has 0 radical (unpaired) electrons. The van der Waals surface area contributed by atoms with Crippen molar-refractivity contribution >= 4 is 17.1 Å². The second-order valence-corrected chi connectivity index (χ2v) is 6.45. The number of anilines is 1. The highest BCUT2D eigenvalue weighted by atomic mass is 16.3. The van der Waals surface area contributed by atoms with E-state index in [9.17, 15) is 25.2 Å². The van der Waals surface area contributed by atoms with Gasteiger partial charge in [-0.3, -0.25) is 9.13 Å². The summed E-state index contributed by atoms with van der Waals surface area (Å²) in [5.74, 6) is -0.604. The third-order valence-electron chi connectivity index (χ3n) is 4.89. The van der Waals surface area contributed by atoms with Crippen LogP contribution in [0.3, 0.4) is 0 Å². The summed E-state index contributed by atoms with van der Waals surface area (Å²) in [4.78, 5) is 21.3. The summed E-state index contributed by atoms with van der Waals surface area (Å²) in [6.45, 7) is 3.35. The lowest BCUT2D eigenvalue weighted by atomic mass is 10.1. The van der Waals surface area contributed by atoms with Crippen LogP contribution in [-0.4, -0.2) is 64.9 Å². The van der Waals surface area contributed by atoms with Crippen molar-refractivity contribution < 1.29 is 20.4 Å². The molecule has 1 aliphatic carbocycles. The highest BCUT2D eigenvalue weighted by molar-refractivity contribution is 5.76. The van der Waals surface area contributed by atoms with E-state index in [0.29, 0.717) is 11.2 Å². The molecule has 0 aliphatic heterocycles. The van der Waals surface area contributed by atoms with Crippen molar-refractivity contribution in [3.8, 4) is 0 Å². The number of hydrogen-bond donors (Lipinski definition) is 5. The average Bonchev–Trinajstić information content (AvgIpc) is 3.03. The van der Waals surface area contributed by atoms with Gasteiger partial charge in [-0.15, -0.1) is 6.58 Å². The lowest BCUT2D eigenvalue weighted by Crippen LogP contribution is -2.35. The second-order valence-electron chi connectivity index (χ2n) is 6.45. The Hall–Kier alpha value is -2.27. The second kappa shape index (κ2) is 7.16. The van der Waals surface area contributed by atoms with E-state index in [1.165, 1.54) is 9.13 Å². The van der Waals surface area contributed by atoms with Gasteiger partial charge in [0.15, 0.2) is 5.65 Å². The first-order valence-corrected chi connectivity index (χ1v) is 8.40. The van der Waals surface area contributed by atoms with Crippen LogP contribution in [0.4, 0.5) is 5.95 Å². The van der Waals surface area contributed by atoms with Gasteiger partial charge in [0.2, 0.25) is 5.95 Å². The van der Waals surface area contributed by atoms with E-state index in [0.717, 1.165) is 0 Å². The van der Waals surface area contributed by atoms with Gasteiger partial charge in [-0.2, -0.15) is 4.98 Å². The summed E-state index contributed by atoms with van der Waals surface area (Å²) < 4.78 is 2.69. The van der Waals surface area contributed by atoms with Crippen LogP contribution in [0, 0.1) is 5.92 Å². The molecule has 0 amide bonds. The van der Waals surface area contributed by atoms with Crippen molar-refractivity contribution in [2.45, 2.75) is 37.6 Å². The van der Waals surface area contributed by atoms with E-state index in [2.05, 4.69) is 16.5 Å². The number of nitrogens with two attached hydrogens (primary N) is 1. The van der Waals surface area contributed by atoms with Crippen LogP contribution in [0.1, 0.15) is 18.2 Å². The molecular weight excluding hydrogens is 342 g/mol. The zero-order chi connectivity index (χ0) is 19.0. The van der Waals surface area contributed by atoms with Crippen LogP contribution in [0.15, 0.2) is 17.4 Å². The van der Waals surface area contributed by atoms with Gasteiger partial charge in [0.1, 0.15) is 11.6 Å². The number of aliphatic hydroxyl groups excluding tert-OH is 4. The summed E-state index contributed by atoms with van der Waals surface area (Å²) >= 11 is 0. The Morgan fingerprint density at radius 1 is 1.27 bits per heavy atom. The molecule has 1 saturated carbocycles. The van der Waals surface area contributed by atoms with Crippen molar-refractivity contribution in [3.05, 3.63) is 28.8 Å². The van der Waals surface area contributed by atoms with Gasteiger partial charge >= 0.3 is 5.69 Å². The van der Waals surface area contributed by atoms with Crippen LogP contribution >= 0.6 is 0 Å². The molecule has 6 N–H and O–H groups in total. The minimum Gasteiger partial charge on any atom is -0.396 e. The normalized spacial score (nSPS) is 25.8. The Balaban J connectivity index is 2.28. The number of fused-ring (bicyclic) bond motifs is 1. The zero-order valence-corrected chi connectivity index (χ0v) is 14.2. The van der Waals surface area contributed by atoms with E-state index in [-0.39, 0.29) is 44.2 Å². The standard InChI is InChI=1S/C16H23N5O5/c1-2-4-20-11-9(3-5-22)18-15(17)19-14(11)21(16(20)26)10-6-8(7-23)12(24)13(10)25/h2,8,10,12-13,22-25H,1,3-7H2,(H2,17,18,19)/t8-,10-,12-,13+/m1/s1. The molecule has 1 fully saturated rings. The van der Waals surface area contributed by atoms with Crippen LogP contribution in [0.2, 0.25) is 0 Å². The monoisotopic (exact) mass is 365 g/mol. The first-order valence-electron chi connectivity index (χ1n) is 8.40. The fourth-order valence-corrected chi connectivity index (χ4v) is 3.68. The van der Waals surface area contributed by atoms with E-state index in [4.69, 9.17) is 5.73 Å². The molecule has 4 atom stereocenters. The fourth-order valence-electron chi connectivity index (χ4n) is 3.68. The number of aromatic nitrogens is 4. The number of rotatable bonds is 6. The lowest BCUT2D eigenvalue weighted by Gasteiger charge is -2.17. The number of hydrogen-bond acceptors (Lipinski definition) is 8. The zero-order valence-electron chi connectivity index (χ0n) is 14.2.